The summed E-state index contributed by atoms with van der Waals surface area (Å²) in [6.45, 7) is 2.16. The number of halogens is 3. The molecule has 90 valence electrons. The van der Waals surface area contributed by atoms with E-state index in [2.05, 4.69) is 31.4 Å². The Balaban J connectivity index is 2.12. The Morgan fingerprint density at radius 3 is 2.76 bits per heavy atom. The van der Waals surface area contributed by atoms with Crippen molar-refractivity contribution in [1.29, 1.82) is 0 Å². The van der Waals surface area contributed by atoms with E-state index < -0.39 is 0 Å². The maximum Gasteiger partial charge on any atom is 0.223 e. The molecule has 0 aliphatic rings. The summed E-state index contributed by atoms with van der Waals surface area (Å²) in [6, 6.07) is 3.64. The Morgan fingerprint density at radius 1 is 1.35 bits per heavy atom. The molecule has 4 nitrogen and oxygen atoms in total. The summed E-state index contributed by atoms with van der Waals surface area (Å²) in [6.07, 6.45) is 0. The summed E-state index contributed by atoms with van der Waals surface area (Å²) in [5.41, 5.74) is 0.724. The summed E-state index contributed by atoms with van der Waals surface area (Å²) in [4.78, 5) is 4.07. The van der Waals surface area contributed by atoms with Crippen LogP contribution in [-0.4, -0.2) is 10.1 Å². The molecule has 0 atom stereocenters. The van der Waals surface area contributed by atoms with Gasteiger partial charge in [-0.25, -0.2) is 0 Å². The van der Waals surface area contributed by atoms with Gasteiger partial charge in [0.25, 0.3) is 0 Å². The highest BCUT2D eigenvalue weighted by Gasteiger charge is 2.09. The number of aryl methyl sites for hydroxylation is 1. The Labute approximate surface area is 116 Å². The highest BCUT2D eigenvalue weighted by Crippen LogP contribution is 2.35. The second-order valence-electron chi connectivity index (χ2n) is 3.31. The molecule has 0 radical (unpaired) electrons. The average Bonchev–Trinajstić information content (AvgIpc) is 2.71. The molecule has 0 aliphatic heterocycles. The van der Waals surface area contributed by atoms with E-state index in [0.717, 1.165) is 10.2 Å². The van der Waals surface area contributed by atoms with Gasteiger partial charge in [0, 0.05) is 11.4 Å². The lowest BCUT2D eigenvalue weighted by Crippen LogP contribution is -2.02. The maximum atomic E-state index is 6.08. The van der Waals surface area contributed by atoms with Crippen LogP contribution in [0.4, 0.5) is 5.69 Å². The molecule has 0 amide bonds. The van der Waals surface area contributed by atoms with Gasteiger partial charge in [0.05, 0.1) is 22.3 Å². The smallest absolute Gasteiger partial charge is 0.223 e. The average molecular weight is 337 g/mol. The standard InChI is InChI=1S/C10H8BrCl2N3O/c1-5-15-8(16-17-5)4-14-7-3-2-6(11)9(12)10(7)13/h2-3,14H,4H2,1H3. The van der Waals surface area contributed by atoms with Gasteiger partial charge in [-0.1, -0.05) is 28.4 Å². The van der Waals surface area contributed by atoms with Gasteiger partial charge in [-0.3, -0.25) is 0 Å². The van der Waals surface area contributed by atoms with E-state index in [1.54, 1.807) is 6.92 Å². The number of aromatic nitrogens is 2. The van der Waals surface area contributed by atoms with E-state index in [1.807, 2.05) is 12.1 Å². The van der Waals surface area contributed by atoms with Crippen LogP contribution < -0.4 is 5.32 Å². The first-order valence-electron chi connectivity index (χ1n) is 4.74. The first-order valence-corrected chi connectivity index (χ1v) is 6.29. The van der Waals surface area contributed by atoms with Gasteiger partial charge in [0.1, 0.15) is 0 Å². The maximum absolute atomic E-state index is 6.08. The number of benzene rings is 1. The van der Waals surface area contributed by atoms with Crippen molar-refractivity contribution >= 4 is 44.8 Å². The van der Waals surface area contributed by atoms with E-state index in [4.69, 9.17) is 27.7 Å². The molecule has 0 unspecified atom stereocenters. The Hall–Kier alpha value is -0.780. The van der Waals surface area contributed by atoms with E-state index in [0.29, 0.717) is 28.3 Å². The Bertz CT molecular complexity index is 544. The fraction of sp³-hybridized carbons (Fsp3) is 0.200. The molecule has 1 aromatic carbocycles. The number of hydrogen-bond acceptors (Lipinski definition) is 4. The summed E-state index contributed by atoms with van der Waals surface area (Å²) in [5, 5.41) is 7.79. The van der Waals surface area contributed by atoms with E-state index >= 15 is 0 Å². The molecule has 0 fully saturated rings. The number of anilines is 1. The summed E-state index contributed by atoms with van der Waals surface area (Å²) >= 11 is 15.4. The first-order chi connectivity index (χ1) is 8.08. The molecule has 1 aromatic heterocycles. The van der Waals surface area contributed by atoms with Gasteiger partial charge in [-0.2, -0.15) is 4.98 Å². The van der Waals surface area contributed by atoms with Gasteiger partial charge < -0.3 is 9.84 Å². The highest BCUT2D eigenvalue weighted by atomic mass is 79.9. The Morgan fingerprint density at radius 2 is 2.12 bits per heavy atom. The van der Waals surface area contributed by atoms with Crippen molar-refractivity contribution in [2.75, 3.05) is 5.32 Å². The minimum absolute atomic E-state index is 0.426. The second kappa shape index (κ2) is 5.25. The van der Waals surface area contributed by atoms with Crippen molar-refractivity contribution in [3.8, 4) is 0 Å². The number of hydrogen-bond donors (Lipinski definition) is 1. The fourth-order valence-electron chi connectivity index (χ4n) is 1.25. The molecule has 0 spiro atoms. The van der Waals surface area contributed by atoms with E-state index in [1.165, 1.54) is 0 Å². The third kappa shape index (κ3) is 2.91. The Kier molecular flexibility index (Phi) is 3.91. The van der Waals surface area contributed by atoms with Gasteiger partial charge >= 0.3 is 0 Å². The van der Waals surface area contributed by atoms with Gasteiger partial charge in [0.2, 0.25) is 5.89 Å². The van der Waals surface area contributed by atoms with Crippen LogP contribution in [0, 0.1) is 6.92 Å². The minimum atomic E-state index is 0.426. The zero-order valence-electron chi connectivity index (χ0n) is 8.80. The second-order valence-corrected chi connectivity index (χ2v) is 4.92. The number of nitrogens with zero attached hydrogens (tertiary/aromatic N) is 2. The third-order valence-corrected chi connectivity index (χ3v) is 3.81. The summed E-state index contributed by atoms with van der Waals surface area (Å²) in [5.74, 6) is 1.10. The molecule has 2 rings (SSSR count). The van der Waals surface area contributed by atoms with Gasteiger partial charge in [0.15, 0.2) is 5.82 Å². The molecule has 0 saturated heterocycles. The number of rotatable bonds is 3. The molecule has 2 aromatic rings. The molecular weight excluding hydrogens is 329 g/mol. The van der Waals surface area contributed by atoms with Crippen molar-refractivity contribution in [3.63, 3.8) is 0 Å². The zero-order chi connectivity index (χ0) is 12.4. The molecule has 1 heterocycles. The van der Waals surface area contributed by atoms with Crippen molar-refractivity contribution < 1.29 is 4.52 Å². The monoisotopic (exact) mass is 335 g/mol. The van der Waals surface area contributed by atoms with Crippen molar-refractivity contribution in [1.82, 2.24) is 10.1 Å². The van der Waals surface area contributed by atoms with Crippen LogP contribution in [0.15, 0.2) is 21.1 Å². The molecule has 0 bridgehead atoms. The van der Waals surface area contributed by atoms with Crippen molar-refractivity contribution in [2.24, 2.45) is 0 Å². The third-order valence-electron chi connectivity index (χ3n) is 2.04. The number of nitrogens with one attached hydrogen (secondary N) is 1. The van der Waals surface area contributed by atoms with Crippen LogP contribution in [0.3, 0.4) is 0 Å². The molecule has 7 heteroatoms. The fourth-order valence-corrected chi connectivity index (χ4v) is 2.09. The van der Waals surface area contributed by atoms with Gasteiger partial charge in [-0.05, 0) is 28.1 Å². The van der Waals surface area contributed by atoms with Crippen molar-refractivity contribution in [3.05, 3.63) is 38.4 Å². The topological polar surface area (TPSA) is 51.0 Å². The summed E-state index contributed by atoms with van der Waals surface area (Å²) < 4.78 is 5.61. The van der Waals surface area contributed by atoms with Crippen LogP contribution in [0.25, 0.3) is 0 Å². The van der Waals surface area contributed by atoms with Crippen molar-refractivity contribution in [2.45, 2.75) is 13.5 Å². The largest absolute Gasteiger partial charge is 0.376 e. The van der Waals surface area contributed by atoms with E-state index in [9.17, 15) is 0 Å². The quantitative estimate of drug-likeness (QED) is 0.859. The predicted molar refractivity (Wildman–Crippen MR) is 70.5 cm³/mol. The SMILES string of the molecule is Cc1nc(CNc2ccc(Br)c(Cl)c2Cl)no1. The lowest BCUT2D eigenvalue weighted by Gasteiger charge is -2.08. The minimum Gasteiger partial charge on any atom is -0.376 e. The first kappa shape index (κ1) is 12.7. The van der Waals surface area contributed by atoms with Crippen LogP contribution in [0.1, 0.15) is 11.7 Å². The van der Waals surface area contributed by atoms with Crippen LogP contribution in [0.5, 0.6) is 0 Å². The molecule has 1 N–H and O–H groups in total. The van der Waals surface area contributed by atoms with Crippen LogP contribution >= 0.6 is 39.1 Å². The van der Waals surface area contributed by atoms with Crippen LogP contribution in [-0.2, 0) is 6.54 Å². The highest BCUT2D eigenvalue weighted by molar-refractivity contribution is 9.10. The molecule has 17 heavy (non-hydrogen) atoms. The molecular formula is C10H8BrCl2N3O. The van der Waals surface area contributed by atoms with E-state index in [-0.39, 0.29) is 0 Å². The lowest BCUT2D eigenvalue weighted by atomic mass is 10.3. The van der Waals surface area contributed by atoms with Gasteiger partial charge in [-0.15, -0.1) is 0 Å². The summed E-state index contributed by atoms with van der Waals surface area (Å²) in [7, 11) is 0. The lowest BCUT2D eigenvalue weighted by molar-refractivity contribution is 0.388. The predicted octanol–water partition coefficient (Wildman–Crippen LogP) is 4.06. The molecule has 0 saturated carbocycles. The molecule has 0 aliphatic carbocycles. The van der Waals surface area contributed by atoms with Crippen LogP contribution in [0.2, 0.25) is 10.0 Å². The normalized spacial score (nSPS) is 10.6. The zero-order valence-corrected chi connectivity index (χ0v) is 11.9.